The number of thiophene rings is 1. The van der Waals surface area contributed by atoms with Gasteiger partial charge in [-0.1, -0.05) is 36.7 Å². The van der Waals surface area contributed by atoms with Crippen LogP contribution in [0.15, 0.2) is 24.3 Å². The first-order valence-electron chi connectivity index (χ1n) is 7.83. The van der Waals surface area contributed by atoms with Gasteiger partial charge in [0.05, 0.1) is 5.02 Å². The van der Waals surface area contributed by atoms with Gasteiger partial charge in [-0.25, -0.2) is 0 Å². The van der Waals surface area contributed by atoms with Gasteiger partial charge in [0, 0.05) is 28.1 Å². The Morgan fingerprint density at radius 1 is 1.29 bits per heavy atom. The minimum absolute atomic E-state index is 0.691. The molecule has 1 aromatic heterocycles. The number of fused-ring (bicyclic) bond motifs is 1. The van der Waals surface area contributed by atoms with Crippen molar-refractivity contribution in [3.63, 3.8) is 0 Å². The molecule has 3 rings (SSSR count). The Kier molecular flexibility index (Phi) is 5.17. The maximum absolute atomic E-state index is 6.47. The second-order valence-electron chi connectivity index (χ2n) is 6.08. The molecule has 2 nitrogen and oxygen atoms in total. The van der Waals surface area contributed by atoms with Crippen molar-refractivity contribution in [2.45, 2.75) is 26.3 Å². The van der Waals surface area contributed by atoms with Crippen LogP contribution >= 0.6 is 22.9 Å². The molecule has 21 heavy (non-hydrogen) atoms. The molecular formula is C17H23ClN2S. The van der Waals surface area contributed by atoms with E-state index in [-0.39, 0.29) is 0 Å². The average Bonchev–Trinajstić information content (AvgIpc) is 3.09. The summed E-state index contributed by atoms with van der Waals surface area (Å²) >= 11 is 8.28. The molecule has 114 valence electrons. The van der Waals surface area contributed by atoms with Crippen molar-refractivity contribution in [1.29, 1.82) is 0 Å². The molecule has 0 spiro atoms. The van der Waals surface area contributed by atoms with Gasteiger partial charge in [0.25, 0.3) is 0 Å². The molecule has 1 saturated heterocycles. The zero-order valence-electron chi connectivity index (χ0n) is 12.6. The summed E-state index contributed by atoms with van der Waals surface area (Å²) in [6.45, 7) is 8.05. The number of halogens is 1. The van der Waals surface area contributed by atoms with Crippen molar-refractivity contribution in [1.82, 2.24) is 10.2 Å². The van der Waals surface area contributed by atoms with Crippen molar-refractivity contribution in [2.75, 3.05) is 26.2 Å². The van der Waals surface area contributed by atoms with E-state index in [4.69, 9.17) is 11.6 Å². The van der Waals surface area contributed by atoms with Crippen LogP contribution in [0.1, 0.15) is 24.6 Å². The summed E-state index contributed by atoms with van der Waals surface area (Å²) in [5.41, 5.74) is 0. The van der Waals surface area contributed by atoms with Gasteiger partial charge in [0.1, 0.15) is 0 Å². The largest absolute Gasteiger partial charge is 0.311 e. The third kappa shape index (κ3) is 3.78. The van der Waals surface area contributed by atoms with Gasteiger partial charge >= 0.3 is 0 Å². The van der Waals surface area contributed by atoms with E-state index in [0.29, 0.717) is 5.92 Å². The highest BCUT2D eigenvalue weighted by Gasteiger charge is 2.15. The van der Waals surface area contributed by atoms with Gasteiger partial charge in [0.2, 0.25) is 0 Å². The summed E-state index contributed by atoms with van der Waals surface area (Å²) in [5, 5.41) is 5.69. The number of hydrogen-bond donors (Lipinski definition) is 1. The minimum Gasteiger partial charge on any atom is -0.311 e. The van der Waals surface area contributed by atoms with E-state index < -0.39 is 0 Å². The number of nitrogens with zero attached hydrogens (tertiary/aromatic N) is 1. The molecule has 0 saturated carbocycles. The summed E-state index contributed by atoms with van der Waals surface area (Å²) in [6.07, 6.45) is 2.75. The number of nitrogens with one attached hydrogen (secondary N) is 1. The van der Waals surface area contributed by atoms with Crippen LogP contribution in [0, 0.1) is 5.92 Å². The first-order chi connectivity index (χ1) is 10.2. The molecule has 4 heteroatoms. The van der Waals surface area contributed by atoms with Crippen molar-refractivity contribution >= 4 is 33.0 Å². The Morgan fingerprint density at radius 2 is 2.05 bits per heavy atom. The first-order valence-corrected chi connectivity index (χ1v) is 9.02. The van der Waals surface area contributed by atoms with Crippen molar-refractivity contribution in [3.8, 4) is 0 Å². The molecule has 0 amide bonds. The standard InChI is InChI=1S/C17H23ClN2S/c1-13(12-20-8-4-5-9-20)10-19-11-16-17(18)14-6-2-3-7-15(14)21-16/h2-3,6-7,13,19H,4-5,8-12H2,1H3. The van der Waals surface area contributed by atoms with E-state index >= 15 is 0 Å². The minimum atomic E-state index is 0.691. The molecular weight excluding hydrogens is 300 g/mol. The normalized spacial score (nSPS) is 17.6. The van der Waals surface area contributed by atoms with Crippen molar-refractivity contribution in [3.05, 3.63) is 34.2 Å². The maximum atomic E-state index is 6.47. The van der Waals surface area contributed by atoms with Gasteiger partial charge in [0.15, 0.2) is 0 Å². The quantitative estimate of drug-likeness (QED) is 0.849. The van der Waals surface area contributed by atoms with Crippen LogP contribution in [0.3, 0.4) is 0 Å². The third-order valence-corrected chi connectivity index (χ3v) is 5.86. The highest BCUT2D eigenvalue weighted by molar-refractivity contribution is 7.19. The lowest BCUT2D eigenvalue weighted by Gasteiger charge is -2.20. The van der Waals surface area contributed by atoms with Crippen LogP contribution < -0.4 is 5.32 Å². The van der Waals surface area contributed by atoms with Crippen LogP contribution in [0.5, 0.6) is 0 Å². The lowest BCUT2D eigenvalue weighted by molar-refractivity contribution is 0.283. The molecule has 0 bridgehead atoms. The zero-order chi connectivity index (χ0) is 14.7. The molecule has 1 N–H and O–H groups in total. The van der Waals surface area contributed by atoms with Gasteiger partial charge in [-0.3, -0.25) is 0 Å². The second kappa shape index (κ2) is 7.10. The van der Waals surface area contributed by atoms with Gasteiger partial charge in [-0.15, -0.1) is 11.3 Å². The van der Waals surface area contributed by atoms with Crippen LogP contribution in [-0.4, -0.2) is 31.1 Å². The monoisotopic (exact) mass is 322 g/mol. The number of hydrogen-bond acceptors (Lipinski definition) is 3. The molecule has 0 radical (unpaired) electrons. The van der Waals surface area contributed by atoms with E-state index in [2.05, 4.69) is 41.4 Å². The van der Waals surface area contributed by atoms with Gasteiger partial charge in [-0.2, -0.15) is 0 Å². The molecule has 1 atom stereocenters. The van der Waals surface area contributed by atoms with Crippen LogP contribution in [0.4, 0.5) is 0 Å². The van der Waals surface area contributed by atoms with Crippen molar-refractivity contribution < 1.29 is 0 Å². The Labute approximate surface area is 136 Å². The fourth-order valence-corrected chi connectivity index (χ4v) is 4.55. The number of rotatable bonds is 6. The van der Waals surface area contributed by atoms with E-state index in [1.54, 1.807) is 11.3 Å². The van der Waals surface area contributed by atoms with Gasteiger partial charge < -0.3 is 10.2 Å². The smallest absolute Gasteiger partial charge is 0.0636 e. The van der Waals surface area contributed by atoms with E-state index in [9.17, 15) is 0 Å². The lowest BCUT2D eigenvalue weighted by Crippen LogP contribution is -2.31. The number of benzene rings is 1. The lowest BCUT2D eigenvalue weighted by atomic mass is 10.1. The first kappa shape index (κ1) is 15.3. The van der Waals surface area contributed by atoms with Crippen molar-refractivity contribution in [2.24, 2.45) is 5.92 Å². The highest BCUT2D eigenvalue weighted by Crippen LogP contribution is 2.34. The Morgan fingerprint density at radius 3 is 2.81 bits per heavy atom. The second-order valence-corrected chi connectivity index (χ2v) is 7.59. The Bertz CT molecular complexity index is 589. The molecule has 0 aliphatic carbocycles. The summed E-state index contributed by atoms with van der Waals surface area (Å²) in [4.78, 5) is 3.84. The molecule has 1 aromatic carbocycles. The van der Waals surface area contributed by atoms with Crippen LogP contribution in [0.25, 0.3) is 10.1 Å². The predicted octanol–water partition coefficient (Wildman–Crippen LogP) is 4.38. The number of likely N-dealkylation sites (tertiary alicyclic amines) is 1. The summed E-state index contributed by atoms with van der Waals surface area (Å²) < 4.78 is 1.28. The zero-order valence-corrected chi connectivity index (χ0v) is 14.1. The Balaban J connectivity index is 1.50. The molecule has 2 aromatic rings. The third-order valence-electron chi connectivity index (χ3n) is 4.15. The molecule has 1 aliphatic rings. The van der Waals surface area contributed by atoms with E-state index in [1.807, 2.05) is 0 Å². The van der Waals surface area contributed by atoms with Crippen LogP contribution in [-0.2, 0) is 6.54 Å². The van der Waals surface area contributed by atoms with E-state index in [0.717, 1.165) is 18.1 Å². The topological polar surface area (TPSA) is 15.3 Å². The van der Waals surface area contributed by atoms with E-state index in [1.165, 1.54) is 47.4 Å². The SMILES string of the molecule is CC(CNCc1sc2ccccc2c1Cl)CN1CCCC1. The van der Waals surface area contributed by atoms with Gasteiger partial charge in [-0.05, 0) is 44.5 Å². The molecule has 1 fully saturated rings. The maximum Gasteiger partial charge on any atom is 0.0636 e. The summed E-state index contributed by atoms with van der Waals surface area (Å²) in [5.74, 6) is 0.691. The average molecular weight is 323 g/mol. The summed E-state index contributed by atoms with van der Waals surface area (Å²) in [7, 11) is 0. The molecule has 1 aliphatic heterocycles. The summed E-state index contributed by atoms with van der Waals surface area (Å²) in [6, 6.07) is 8.37. The fraction of sp³-hybridized carbons (Fsp3) is 0.529. The predicted molar refractivity (Wildman–Crippen MR) is 93.4 cm³/mol. The molecule has 1 unspecified atom stereocenters. The fourth-order valence-electron chi connectivity index (χ4n) is 3.08. The van der Waals surface area contributed by atoms with Crippen LogP contribution in [0.2, 0.25) is 5.02 Å². The molecule has 2 heterocycles. The Hall–Kier alpha value is -0.610. The highest BCUT2D eigenvalue weighted by atomic mass is 35.5.